The molecule has 2 aliphatic rings. The van der Waals surface area contributed by atoms with Crippen LogP contribution in [0.5, 0.6) is 0 Å². The number of rotatable bonds is 3. The van der Waals surface area contributed by atoms with Crippen LogP contribution in [0.25, 0.3) is 0 Å². The molecule has 3 atom stereocenters. The summed E-state index contributed by atoms with van der Waals surface area (Å²) in [7, 11) is 1.79. The number of hydrogen-bond donors (Lipinski definition) is 1. The first-order valence-corrected chi connectivity index (χ1v) is 7.17. The molecule has 1 saturated carbocycles. The molecule has 100 valence electrons. The Morgan fingerprint density at radius 1 is 1.35 bits per heavy atom. The maximum absolute atomic E-state index is 6.20. The Bertz CT molecular complexity index is 232. The summed E-state index contributed by atoms with van der Waals surface area (Å²) in [5.41, 5.74) is 0.0538. The van der Waals surface area contributed by atoms with Crippen molar-refractivity contribution >= 4 is 0 Å². The van der Waals surface area contributed by atoms with Crippen LogP contribution in [0.1, 0.15) is 45.4 Å². The van der Waals surface area contributed by atoms with Gasteiger partial charge in [0, 0.05) is 13.7 Å². The molecule has 3 unspecified atom stereocenters. The van der Waals surface area contributed by atoms with Crippen LogP contribution < -0.4 is 5.32 Å². The SMILES string of the molecule is CCC1CCCC2(CC1)OCCNC2COC. The van der Waals surface area contributed by atoms with Crippen LogP contribution in [0, 0.1) is 5.92 Å². The Hall–Kier alpha value is -0.120. The highest BCUT2D eigenvalue weighted by Gasteiger charge is 2.42. The zero-order valence-corrected chi connectivity index (χ0v) is 11.3. The molecule has 0 radical (unpaired) electrons. The van der Waals surface area contributed by atoms with Gasteiger partial charge in [-0.3, -0.25) is 0 Å². The molecule has 17 heavy (non-hydrogen) atoms. The summed E-state index contributed by atoms with van der Waals surface area (Å²) in [4.78, 5) is 0. The maximum atomic E-state index is 6.20. The van der Waals surface area contributed by atoms with Gasteiger partial charge in [-0.1, -0.05) is 26.2 Å². The first kappa shape index (κ1) is 13.3. The van der Waals surface area contributed by atoms with Crippen molar-refractivity contribution < 1.29 is 9.47 Å². The van der Waals surface area contributed by atoms with Gasteiger partial charge < -0.3 is 14.8 Å². The summed E-state index contributed by atoms with van der Waals surface area (Å²) < 4.78 is 11.6. The van der Waals surface area contributed by atoms with E-state index in [9.17, 15) is 0 Å². The third-order valence-corrected chi connectivity index (χ3v) is 4.62. The monoisotopic (exact) mass is 241 g/mol. The van der Waals surface area contributed by atoms with E-state index in [1.54, 1.807) is 7.11 Å². The second-order valence-corrected chi connectivity index (χ2v) is 5.58. The van der Waals surface area contributed by atoms with Gasteiger partial charge in [-0.15, -0.1) is 0 Å². The number of nitrogens with one attached hydrogen (secondary N) is 1. The lowest BCUT2D eigenvalue weighted by Crippen LogP contribution is -2.59. The number of methoxy groups -OCH3 is 1. The largest absolute Gasteiger partial charge is 0.383 e. The summed E-state index contributed by atoms with van der Waals surface area (Å²) in [6, 6.07) is 0.386. The molecule has 3 heteroatoms. The average Bonchev–Trinajstić information content (AvgIpc) is 2.56. The molecule has 0 aromatic heterocycles. The van der Waals surface area contributed by atoms with Crippen molar-refractivity contribution in [2.45, 2.75) is 57.1 Å². The normalized spacial score (nSPS) is 39.2. The first-order valence-electron chi connectivity index (χ1n) is 7.17. The number of morpholine rings is 1. The van der Waals surface area contributed by atoms with Crippen molar-refractivity contribution in [1.29, 1.82) is 0 Å². The van der Waals surface area contributed by atoms with Gasteiger partial charge in [0.25, 0.3) is 0 Å². The average molecular weight is 241 g/mol. The third-order valence-electron chi connectivity index (χ3n) is 4.62. The standard InChI is InChI=1S/C14H27NO2/c1-3-12-5-4-7-14(8-6-12)13(11-16-2)15-9-10-17-14/h12-13,15H,3-11H2,1-2H3. The Morgan fingerprint density at radius 3 is 3.00 bits per heavy atom. The van der Waals surface area contributed by atoms with E-state index in [-0.39, 0.29) is 5.60 Å². The van der Waals surface area contributed by atoms with Gasteiger partial charge in [-0.05, 0) is 25.2 Å². The van der Waals surface area contributed by atoms with E-state index in [1.165, 1.54) is 38.5 Å². The van der Waals surface area contributed by atoms with Gasteiger partial charge in [0.05, 0.1) is 24.9 Å². The molecule has 0 amide bonds. The molecule has 1 heterocycles. The van der Waals surface area contributed by atoms with Crippen molar-refractivity contribution in [2.75, 3.05) is 26.9 Å². The van der Waals surface area contributed by atoms with E-state index in [4.69, 9.17) is 9.47 Å². The topological polar surface area (TPSA) is 30.5 Å². The zero-order chi connectivity index (χ0) is 12.1. The minimum Gasteiger partial charge on any atom is -0.383 e. The van der Waals surface area contributed by atoms with Gasteiger partial charge in [0.1, 0.15) is 0 Å². The smallest absolute Gasteiger partial charge is 0.0858 e. The van der Waals surface area contributed by atoms with Crippen LogP contribution in [0.2, 0.25) is 0 Å². The van der Waals surface area contributed by atoms with Gasteiger partial charge in [0.2, 0.25) is 0 Å². The molecule has 0 aromatic rings. The van der Waals surface area contributed by atoms with Crippen molar-refractivity contribution in [3.8, 4) is 0 Å². The summed E-state index contributed by atoms with van der Waals surface area (Å²) in [6.45, 7) is 4.91. The summed E-state index contributed by atoms with van der Waals surface area (Å²) in [6.07, 6.45) is 7.72. The number of hydrogen-bond acceptors (Lipinski definition) is 3. The molecule has 3 nitrogen and oxygen atoms in total. The second kappa shape index (κ2) is 6.17. The van der Waals surface area contributed by atoms with E-state index in [1.807, 2.05) is 0 Å². The minimum absolute atomic E-state index is 0.0538. The van der Waals surface area contributed by atoms with Crippen LogP contribution in [0.4, 0.5) is 0 Å². The fourth-order valence-electron chi connectivity index (χ4n) is 3.46. The molecule has 2 fully saturated rings. The van der Waals surface area contributed by atoms with Gasteiger partial charge in [0.15, 0.2) is 0 Å². The van der Waals surface area contributed by atoms with Gasteiger partial charge in [-0.2, -0.15) is 0 Å². The van der Waals surface area contributed by atoms with Gasteiger partial charge >= 0.3 is 0 Å². The fourth-order valence-corrected chi connectivity index (χ4v) is 3.46. The highest BCUT2D eigenvalue weighted by molar-refractivity contribution is 4.97. The minimum atomic E-state index is 0.0538. The predicted molar refractivity (Wildman–Crippen MR) is 69.2 cm³/mol. The summed E-state index contributed by atoms with van der Waals surface area (Å²) in [5.74, 6) is 0.906. The third kappa shape index (κ3) is 3.01. The zero-order valence-electron chi connectivity index (χ0n) is 11.3. The Kier molecular flexibility index (Phi) is 4.83. The molecule has 1 spiro atoms. The van der Waals surface area contributed by atoms with E-state index in [0.29, 0.717) is 6.04 Å². The molecule has 0 aromatic carbocycles. The molecule has 1 aliphatic heterocycles. The predicted octanol–water partition coefficient (Wildman–Crippen LogP) is 2.35. The summed E-state index contributed by atoms with van der Waals surface area (Å²) >= 11 is 0. The lowest BCUT2D eigenvalue weighted by molar-refractivity contribution is -0.119. The van der Waals surface area contributed by atoms with Crippen molar-refractivity contribution in [1.82, 2.24) is 5.32 Å². The quantitative estimate of drug-likeness (QED) is 0.823. The highest BCUT2D eigenvalue weighted by atomic mass is 16.5. The van der Waals surface area contributed by atoms with Crippen LogP contribution in [0.15, 0.2) is 0 Å². The van der Waals surface area contributed by atoms with Crippen molar-refractivity contribution in [3.63, 3.8) is 0 Å². The fraction of sp³-hybridized carbons (Fsp3) is 1.00. The second-order valence-electron chi connectivity index (χ2n) is 5.58. The molecule has 1 N–H and O–H groups in total. The van der Waals surface area contributed by atoms with Crippen LogP contribution in [-0.4, -0.2) is 38.5 Å². The van der Waals surface area contributed by atoms with Crippen LogP contribution in [-0.2, 0) is 9.47 Å². The maximum Gasteiger partial charge on any atom is 0.0858 e. The van der Waals surface area contributed by atoms with Gasteiger partial charge in [-0.25, -0.2) is 0 Å². The first-order chi connectivity index (χ1) is 8.30. The molecule has 1 aliphatic carbocycles. The van der Waals surface area contributed by atoms with Crippen molar-refractivity contribution in [2.24, 2.45) is 5.92 Å². The molecular formula is C14H27NO2. The van der Waals surface area contributed by atoms with E-state index in [0.717, 1.165) is 25.7 Å². The van der Waals surface area contributed by atoms with Crippen LogP contribution in [0.3, 0.4) is 0 Å². The molecule has 2 rings (SSSR count). The van der Waals surface area contributed by atoms with E-state index in [2.05, 4.69) is 12.2 Å². The van der Waals surface area contributed by atoms with E-state index < -0.39 is 0 Å². The lowest BCUT2D eigenvalue weighted by Gasteiger charge is -2.44. The Morgan fingerprint density at radius 2 is 2.24 bits per heavy atom. The van der Waals surface area contributed by atoms with Crippen molar-refractivity contribution in [3.05, 3.63) is 0 Å². The number of ether oxygens (including phenoxy) is 2. The molecular weight excluding hydrogens is 214 g/mol. The molecule has 1 saturated heterocycles. The lowest BCUT2D eigenvalue weighted by atomic mass is 9.84. The highest BCUT2D eigenvalue weighted by Crippen LogP contribution is 2.37. The molecule has 0 bridgehead atoms. The van der Waals surface area contributed by atoms with E-state index >= 15 is 0 Å². The Labute approximate surface area is 105 Å². The Balaban J connectivity index is 2.03. The van der Waals surface area contributed by atoms with Crippen LogP contribution >= 0.6 is 0 Å². The summed E-state index contributed by atoms with van der Waals surface area (Å²) in [5, 5.41) is 3.59.